The fourth-order valence-corrected chi connectivity index (χ4v) is 6.11. The molecule has 2 amide bonds. The second-order valence-electron chi connectivity index (χ2n) is 9.34. The smallest absolute Gasteiger partial charge is 0.270 e. The van der Waals surface area contributed by atoms with Gasteiger partial charge in [-0.1, -0.05) is 53.3 Å². The summed E-state index contributed by atoms with van der Waals surface area (Å²) < 4.78 is 1.93. The van der Waals surface area contributed by atoms with E-state index < -0.39 is 12.0 Å². The van der Waals surface area contributed by atoms with Crippen LogP contribution >= 0.6 is 22.9 Å². The third-order valence-corrected chi connectivity index (χ3v) is 8.24. The van der Waals surface area contributed by atoms with Crippen LogP contribution < -0.4 is 19.9 Å². The number of halogens is 1. The first-order valence-electron chi connectivity index (χ1n) is 12.8. The Morgan fingerprint density at radius 3 is 2.36 bits per heavy atom. The molecular weight excluding hydrogens is 534 g/mol. The molecule has 39 heavy (non-hydrogen) atoms. The first-order chi connectivity index (χ1) is 18.7. The van der Waals surface area contributed by atoms with E-state index >= 15 is 0 Å². The normalized spacial score (nSPS) is 19.2. The van der Waals surface area contributed by atoms with Gasteiger partial charge < -0.3 is 4.90 Å². The molecule has 200 valence electrons. The number of fused-ring (bicyclic) bond motifs is 1. The summed E-state index contributed by atoms with van der Waals surface area (Å²) >= 11 is 7.37. The second-order valence-corrected chi connectivity index (χ2v) is 10.8. The van der Waals surface area contributed by atoms with Crippen molar-refractivity contribution in [3.05, 3.63) is 96.1 Å². The highest BCUT2D eigenvalue weighted by Crippen LogP contribution is 2.32. The summed E-state index contributed by atoms with van der Waals surface area (Å²) in [4.78, 5) is 47.8. The molecule has 2 aliphatic rings. The molecule has 2 aromatic carbocycles. The molecule has 3 aromatic rings. The number of carbonyl (C=O) groups excluding carboxylic acids is 2. The molecule has 0 radical (unpaired) electrons. The molecule has 10 heteroatoms. The maximum Gasteiger partial charge on any atom is 0.270 e. The summed E-state index contributed by atoms with van der Waals surface area (Å²) in [5, 5.41) is 6.38. The second kappa shape index (κ2) is 10.7. The number of carbonyl (C=O) groups is 2. The Kier molecular flexibility index (Phi) is 7.38. The number of hydrogen-bond acceptors (Lipinski definition) is 6. The lowest BCUT2D eigenvalue weighted by molar-refractivity contribution is -0.127. The monoisotopic (exact) mass is 561 g/mol. The number of rotatable bonds is 6. The van der Waals surface area contributed by atoms with Crippen LogP contribution in [0.15, 0.2) is 80.8 Å². The number of nitrogens with zero attached hydrogens (tertiary/aromatic N) is 5. The van der Waals surface area contributed by atoms with Crippen LogP contribution in [0.25, 0.3) is 6.08 Å². The van der Waals surface area contributed by atoms with Gasteiger partial charge in [0.2, 0.25) is 0 Å². The summed E-state index contributed by atoms with van der Waals surface area (Å²) in [6.07, 6.45) is 1.66. The van der Waals surface area contributed by atoms with Crippen LogP contribution in [0.2, 0.25) is 5.02 Å². The first-order valence-corrected chi connectivity index (χ1v) is 14.0. The zero-order valence-electron chi connectivity index (χ0n) is 22.1. The van der Waals surface area contributed by atoms with Gasteiger partial charge in [-0.05, 0) is 63.6 Å². The topological polar surface area (TPSA) is 87.3 Å². The summed E-state index contributed by atoms with van der Waals surface area (Å²) in [6.45, 7) is 8.48. The van der Waals surface area contributed by atoms with Crippen molar-refractivity contribution in [1.82, 2.24) is 9.47 Å². The van der Waals surface area contributed by atoms with Crippen LogP contribution in [0, 0.1) is 5.92 Å². The molecule has 0 fully saturated rings. The van der Waals surface area contributed by atoms with Gasteiger partial charge in [0.25, 0.3) is 17.4 Å². The van der Waals surface area contributed by atoms with Crippen LogP contribution in [0.3, 0.4) is 0 Å². The number of benzene rings is 2. The molecule has 0 spiro atoms. The summed E-state index contributed by atoms with van der Waals surface area (Å²) in [5.41, 5.74) is 2.71. The zero-order valence-corrected chi connectivity index (χ0v) is 23.7. The predicted molar refractivity (Wildman–Crippen MR) is 155 cm³/mol. The lowest BCUT2D eigenvalue weighted by Crippen LogP contribution is -2.43. The highest BCUT2D eigenvalue weighted by atomic mass is 35.5. The van der Waals surface area contributed by atoms with Crippen LogP contribution in [-0.2, 0) is 9.59 Å². The van der Waals surface area contributed by atoms with Gasteiger partial charge in [0.15, 0.2) is 4.80 Å². The minimum atomic E-state index is -0.682. The lowest BCUT2D eigenvalue weighted by Gasteiger charge is -2.29. The molecule has 0 saturated carbocycles. The number of para-hydroxylation sites is 1. The Hall–Kier alpha value is -3.82. The fourth-order valence-electron chi connectivity index (χ4n) is 4.93. The van der Waals surface area contributed by atoms with Crippen molar-refractivity contribution in [3.8, 4) is 0 Å². The van der Waals surface area contributed by atoms with Crippen molar-refractivity contribution in [3.63, 3.8) is 0 Å². The molecule has 5 rings (SSSR count). The Labute approximate surface area is 234 Å². The summed E-state index contributed by atoms with van der Waals surface area (Å²) in [6, 6.07) is 15.7. The molecule has 0 N–H and O–H groups in total. The Morgan fingerprint density at radius 2 is 1.72 bits per heavy atom. The minimum Gasteiger partial charge on any atom is -0.339 e. The molecule has 0 unspecified atom stereocenters. The Morgan fingerprint density at radius 1 is 1.05 bits per heavy atom. The van der Waals surface area contributed by atoms with E-state index in [1.807, 2.05) is 56.3 Å². The predicted octanol–water partition coefficient (Wildman–Crippen LogP) is 3.75. The molecule has 2 atom stereocenters. The van der Waals surface area contributed by atoms with Crippen molar-refractivity contribution < 1.29 is 9.59 Å². The number of amides is 2. The molecule has 1 aromatic heterocycles. The molecule has 0 aliphatic carbocycles. The van der Waals surface area contributed by atoms with E-state index in [0.717, 1.165) is 5.56 Å². The lowest BCUT2D eigenvalue weighted by atomic mass is 9.94. The van der Waals surface area contributed by atoms with Crippen molar-refractivity contribution >= 4 is 52.2 Å². The van der Waals surface area contributed by atoms with Crippen molar-refractivity contribution in [2.24, 2.45) is 16.0 Å². The quantitative estimate of drug-likeness (QED) is 0.459. The maximum atomic E-state index is 13.9. The highest BCUT2D eigenvalue weighted by Gasteiger charge is 2.36. The van der Waals surface area contributed by atoms with Gasteiger partial charge in [0.05, 0.1) is 33.2 Å². The first kappa shape index (κ1) is 26.8. The fraction of sp³-hybridized carbons (Fsp3) is 0.276. The van der Waals surface area contributed by atoms with E-state index in [2.05, 4.69) is 5.10 Å². The minimum absolute atomic E-state index is 0.164. The van der Waals surface area contributed by atoms with Gasteiger partial charge >= 0.3 is 0 Å². The number of hydrogen-bond donors (Lipinski definition) is 0. The average Bonchev–Trinajstić information content (AvgIpc) is 3.39. The van der Waals surface area contributed by atoms with Crippen molar-refractivity contribution in [2.75, 3.05) is 18.1 Å². The van der Waals surface area contributed by atoms with Gasteiger partial charge in [0.1, 0.15) is 5.92 Å². The van der Waals surface area contributed by atoms with E-state index in [1.165, 1.54) is 16.3 Å². The van der Waals surface area contributed by atoms with E-state index in [-0.39, 0.29) is 17.4 Å². The van der Waals surface area contributed by atoms with E-state index in [4.69, 9.17) is 16.6 Å². The third kappa shape index (κ3) is 4.77. The largest absolute Gasteiger partial charge is 0.339 e. The van der Waals surface area contributed by atoms with Gasteiger partial charge in [-0.15, -0.1) is 0 Å². The number of likely N-dealkylation sites (N-methyl/N-ethyl adjacent to an activating group) is 1. The van der Waals surface area contributed by atoms with Crippen LogP contribution in [0.5, 0.6) is 0 Å². The average molecular weight is 562 g/mol. The van der Waals surface area contributed by atoms with Crippen molar-refractivity contribution in [1.29, 1.82) is 0 Å². The van der Waals surface area contributed by atoms with E-state index in [9.17, 15) is 14.4 Å². The van der Waals surface area contributed by atoms with Gasteiger partial charge in [-0.25, -0.2) is 4.99 Å². The molecule has 3 heterocycles. The number of allylic oxidation sites excluding steroid dienone is 1. The standard InChI is InChI=1S/C29H28ClN5O3S/c1-5-33(6-2)28(38)24-18(4)31-29-34(25(24)19-12-14-20(30)15-13-19)27(37)23(39-29)16-22-17(3)32-35(26(22)36)21-10-8-7-9-11-21/h7-16,22,25H,5-6H2,1-4H3/b23-16-/t22-,25-/m1/s1. The molecular formula is C29H28ClN5O3S. The number of aromatic nitrogens is 1. The Balaban J connectivity index is 1.64. The van der Waals surface area contributed by atoms with E-state index in [0.29, 0.717) is 50.1 Å². The zero-order chi connectivity index (χ0) is 27.8. The number of anilines is 1. The third-order valence-electron chi connectivity index (χ3n) is 6.99. The SMILES string of the molecule is CCN(CC)C(=O)C1=C(C)N=c2s/c(=C\[C@H]3C(=O)N(c4ccccc4)N=C3C)c(=O)n2[C@@H]1c1ccc(Cl)cc1. The number of thiazole rings is 1. The van der Waals surface area contributed by atoms with Crippen LogP contribution in [0.1, 0.15) is 39.3 Å². The van der Waals surface area contributed by atoms with E-state index in [1.54, 1.807) is 41.5 Å². The van der Waals surface area contributed by atoms with Gasteiger partial charge in [-0.2, -0.15) is 10.1 Å². The molecule has 8 nitrogen and oxygen atoms in total. The summed E-state index contributed by atoms with van der Waals surface area (Å²) in [5.74, 6) is -1.08. The molecule has 0 bridgehead atoms. The van der Waals surface area contributed by atoms with Crippen molar-refractivity contribution in [2.45, 2.75) is 33.7 Å². The summed E-state index contributed by atoms with van der Waals surface area (Å²) in [7, 11) is 0. The molecule has 2 aliphatic heterocycles. The van der Waals surface area contributed by atoms with Crippen LogP contribution in [0.4, 0.5) is 5.69 Å². The van der Waals surface area contributed by atoms with Gasteiger partial charge in [-0.3, -0.25) is 19.0 Å². The van der Waals surface area contributed by atoms with Gasteiger partial charge in [0, 0.05) is 18.1 Å². The molecule has 0 saturated heterocycles. The number of hydrazone groups is 1. The maximum absolute atomic E-state index is 13.9. The highest BCUT2D eigenvalue weighted by molar-refractivity contribution is 7.07. The Bertz CT molecular complexity index is 1680. The van der Waals surface area contributed by atoms with Crippen LogP contribution in [-0.4, -0.2) is 40.1 Å².